The maximum atomic E-state index is 5.61. The zero-order valence-corrected chi connectivity index (χ0v) is 16.3. The Morgan fingerprint density at radius 1 is 0.931 bits per heavy atom. The van der Waals surface area contributed by atoms with Crippen LogP contribution in [0.25, 0.3) is 0 Å². The van der Waals surface area contributed by atoms with Crippen molar-refractivity contribution in [1.29, 1.82) is 0 Å². The molecule has 8 nitrogen and oxygen atoms in total. The molecule has 2 aromatic carbocycles. The van der Waals surface area contributed by atoms with Crippen LogP contribution in [0, 0.1) is 0 Å². The highest BCUT2D eigenvalue weighted by molar-refractivity contribution is 5.60. The van der Waals surface area contributed by atoms with Crippen molar-refractivity contribution >= 4 is 17.5 Å². The van der Waals surface area contributed by atoms with Crippen molar-refractivity contribution in [3.8, 4) is 23.0 Å². The number of aromatic nitrogens is 2. The second-order valence-corrected chi connectivity index (χ2v) is 6.29. The summed E-state index contributed by atoms with van der Waals surface area (Å²) >= 11 is 0. The molecule has 0 aliphatic carbocycles. The van der Waals surface area contributed by atoms with E-state index >= 15 is 0 Å². The van der Waals surface area contributed by atoms with E-state index in [0.29, 0.717) is 48.8 Å². The van der Waals surface area contributed by atoms with E-state index in [2.05, 4.69) is 20.6 Å². The fourth-order valence-electron chi connectivity index (χ4n) is 2.95. The lowest BCUT2D eigenvalue weighted by atomic mass is 10.2. The van der Waals surface area contributed by atoms with Crippen molar-refractivity contribution < 1.29 is 18.9 Å². The van der Waals surface area contributed by atoms with Gasteiger partial charge in [0, 0.05) is 24.5 Å². The van der Waals surface area contributed by atoms with Crippen LogP contribution in [-0.4, -0.2) is 37.4 Å². The van der Waals surface area contributed by atoms with Crippen LogP contribution in [0.5, 0.6) is 23.0 Å². The normalized spacial score (nSPS) is 12.2. The van der Waals surface area contributed by atoms with Crippen LogP contribution >= 0.6 is 0 Å². The van der Waals surface area contributed by atoms with Crippen molar-refractivity contribution in [2.24, 2.45) is 0 Å². The molecule has 3 aromatic rings. The average Bonchev–Trinajstić information content (AvgIpc) is 2.77. The van der Waals surface area contributed by atoms with Gasteiger partial charge < -0.3 is 29.6 Å². The largest absolute Gasteiger partial charge is 0.493 e. The Hall–Kier alpha value is -3.68. The quantitative estimate of drug-likeness (QED) is 0.628. The zero-order chi connectivity index (χ0) is 20.1. The van der Waals surface area contributed by atoms with Gasteiger partial charge in [0.2, 0.25) is 5.95 Å². The molecule has 8 heteroatoms. The molecule has 0 bridgehead atoms. The second-order valence-electron chi connectivity index (χ2n) is 6.29. The molecule has 0 unspecified atom stereocenters. The first-order valence-corrected chi connectivity index (χ1v) is 9.19. The lowest BCUT2D eigenvalue weighted by Crippen LogP contribution is -2.15. The van der Waals surface area contributed by atoms with Crippen LogP contribution < -0.4 is 29.6 Å². The van der Waals surface area contributed by atoms with Crippen molar-refractivity contribution in [3.05, 3.63) is 54.2 Å². The molecule has 0 radical (unpaired) electrons. The summed E-state index contributed by atoms with van der Waals surface area (Å²) in [5.74, 6) is 4.03. The Morgan fingerprint density at radius 2 is 1.76 bits per heavy atom. The maximum absolute atomic E-state index is 5.61. The summed E-state index contributed by atoms with van der Waals surface area (Å²) in [5.41, 5.74) is 1.87. The molecule has 1 aliphatic rings. The van der Waals surface area contributed by atoms with Crippen LogP contribution in [0.4, 0.5) is 17.5 Å². The number of rotatable bonds is 7. The standard InChI is InChI=1S/C21H22N4O4/c1-26-16-5-3-14(11-18(16)27-2)13-23-20-7-8-22-21(25-20)24-15-4-6-17-19(12-15)29-10-9-28-17/h3-8,11-12H,9-10,13H2,1-2H3,(H2,22,23,24,25). The molecule has 0 spiro atoms. The monoisotopic (exact) mass is 394 g/mol. The fraction of sp³-hybridized carbons (Fsp3) is 0.238. The molecule has 0 atom stereocenters. The summed E-state index contributed by atoms with van der Waals surface area (Å²) in [6.07, 6.45) is 1.70. The molecule has 2 heterocycles. The Kier molecular flexibility index (Phi) is 5.51. The fourth-order valence-corrected chi connectivity index (χ4v) is 2.95. The van der Waals surface area contributed by atoms with Gasteiger partial charge in [-0.25, -0.2) is 4.98 Å². The average molecular weight is 394 g/mol. The summed E-state index contributed by atoms with van der Waals surface area (Å²) in [7, 11) is 3.24. The van der Waals surface area contributed by atoms with Gasteiger partial charge in [-0.05, 0) is 35.9 Å². The third-order valence-corrected chi connectivity index (χ3v) is 4.38. The molecule has 2 N–H and O–H groups in total. The summed E-state index contributed by atoms with van der Waals surface area (Å²) in [6, 6.07) is 13.3. The van der Waals surface area contributed by atoms with Gasteiger partial charge in [-0.2, -0.15) is 4.98 Å². The smallest absolute Gasteiger partial charge is 0.229 e. The first-order valence-electron chi connectivity index (χ1n) is 9.19. The van der Waals surface area contributed by atoms with Gasteiger partial charge in [-0.1, -0.05) is 6.07 Å². The topological polar surface area (TPSA) is 86.8 Å². The predicted octanol–water partition coefficient (Wildman–Crippen LogP) is 3.62. The van der Waals surface area contributed by atoms with Gasteiger partial charge in [0.05, 0.1) is 14.2 Å². The SMILES string of the molecule is COc1ccc(CNc2ccnc(Nc3ccc4c(c3)OCCO4)n2)cc1OC. The van der Waals surface area contributed by atoms with E-state index in [9.17, 15) is 0 Å². The van der Waals surface area contributed by atoms with Crippen LogP contribution in [0.15, 0.2) is 48.7 Å². The Balaban J connectivity index is 1.42. The molecule has 0 saturated carbocycles. The molecular formula is C21H22N4O4. The van der Waals surface area contributed by atoms with Gasteiger partial charge >= 0.3 is 0 Å². The highest BCUT2D eigenvalue weighted by Crippen LogP contribution is 2.33. The van der Waals surface area contributed by atoms with Crippen molar-refractivity contribution in [2.45, 2.75) is 6.54 Å². The summed E-state index contributed by atoms with van der Waals surface area (Å²) in [4.78, 5) is 8.79. The van der Waals surface area contributed by atoms with Crippen molar-refractivity contribution in [2.75, 3.05) is 38.1 Å². The van der Waals surface area contributed by atoms with E-state index in [0.717, 1.165) is 17.0 Å². The van der Waals surface area contributed by atoms with Gasteiger partial charge in [0.15, 0.2) is 23.0 Å². The number of hydrogen-bond donors (Lipinski definition) is 2. The molecule has 0 fully saturated rings. The van der Waals surface area contributed by atoms with E-state index < -0.39 is 0 Å². The Morgan fingerprint density at radius 3 is 2.59 bits per heavy atom. The van der Waals surface area contributed by atoms with E-state index in [4.69, 9.17) is 18.9 Å². The first-order chi connectivity index (χ1) is 14.2. The number of fused-ring (bicyclic) bond motifs is 1. The number of ether oxygens (including phenoxy) is 4. The third-order valence-electron chi connectivity index (χ3n) is 4.38. The number of anilines is 3. The van der Waals surface area contributed by atoms with E-state index in [1.54, 1.807) is 20.4 Å². The molecule has 150 valence electrons. The number of nitrogens with zero attached hydrogens (tertiary/aromatic N) is 2. The number of benzene rings is 2. The van der Waals surface area contributed by atoms with Crippen molar-refractivity contribution in [1.82, 2.24) is 9.97 Å². The Bertz CT molecular complexity index is 996. The Labute approximate surface area is 168 Å². The van der Waals surface area contributed by atoms with Crippen LogP contribution in [0.3, 0.4) is 0 Å². The molecule has 1 aromatic heterocycles. The minimum absolute atomic E-state index is 0.485. The minimum atomic E-state index is 0.485. The molecule has 0 amide bonds. The summed E-state index contributed by atoms with van der Waals surface area (Å²) in [5, 5.41) is 6.49. The molecule has 4 rings (SSSR count). The lowest BCUT2D eigenvalue weighted by Gasteiger charge is -2.19. The maximum Gasteiger partial charge on any atom is 0.229 e. The van der Waals surface area contributed by atoms with E-state index in [-0.39, 0.29) is 0 Å². The number of methoxy groups -OCH3 is 2. The van der Waals surface area contributed by atoms with Gasteiger partial charge in [0.25, 0.3) is 0 Å². The summed E-state index contributed by atoms with van der Waals surface area (Å²) < 4.78 is 21.8. The first kappa shape index (κ1) is 18.7. The predicted molar refractivity (Wildman–Crippen MR) is 110 cm³/mol. The highest BCUT2D eigenvalue weighted by Gasteiger charge is 2.12. The molecule has 1 aliphatic heterocycles. The molecule has 29 heavy (non-hydrogen) atoms. The van der Waals surface area contributed by atoms with Gasteiger partial charge in [0.1, 0.15) is 19.0 Å². The summed E-state index contributed by atoms with van der Waals surface area (Å²) in [6.45, 7) is 1.69. The van der Waals surface area contributed by atoms with Crippen LogP contribution in [0.1, 0.15) is 5.56 Å². The highest BCUT2D eigenvalue weighted by atomic mass is 16.6. The molecule has 0 saturated heterocycles. The lowest BCUT2D eigenvalue weighted by molar-refractivity contribution is 0.171. The van der Waals surface area contributed by atoms with Gasteiger partial charge in [-0.3, -0.25) is 0 Å². The van der Waals surface area contributed by atoms with Crippen molar-refractivity contribution in [3.63, 3.8) is 0 Å². The second kappa shape index (κ2) is 8.55. The van der Waals surface area contributed by atoms with Crippen LogP contribution in [-0.2, 0) is 6.54 Å². The zero-order valence-electron chi connectivity index (χ0n) is 16.3. The third kappa shape index (κ3) is 4.43. The number of nitrogens with one attached hydrogen (secondary N) is 2. The van der Waals surface area contributed by atoms with E-state index in [1.807, 2.05) is 42.5 Å². The minimum Gasteiger partial charge on any atom is -0.493 e. The molecular weight excluding hydrogens is 372 g/mol. The number of hydrogen-bond acceptors (Lipinski definition) is 8. The van der Waals surface area contributed by atoms with Gasteiger partial charge in [-0.15, -0.1) is 0 Å². The van der Waals surface area contributed by atoms with Crippen LogP contribution in [0.2, 0.25) is 0 Å². The van der Waals surface area contributed by atoms with E-state index in [1.165, 1.54) is 0 Å².